The van der Waals surface area contributed by atoms with Gasteiger partial charge in [-0.05, 0) is 13.3 Å². The number of unbranched alkanes of at least 4 members (excludes halogenated alkanes) is 1. The molecule has 0 unspecified atom stereocenters. The van der Waals surface area contributed by atoms with Gasteiger partial charge in [0.15, 0.2) is 5.76 Å². The van der Waals surface area contributed by atoms with Gasteiger partial charge in [0.1, 0.15) is 6.61 Å². The number of ether oxygens (including phenoxy) is 1. The van der Waals surface area contributed by atoms with Crippen LogP contribution < -0.4 is 0 Å². The monoisotopic (exact) mass is 169 g/mol. The average molecular weight is 169 g/mol. The van der Waals surface area contributed by atoms with Crippen molar-refractivity contribution < 1.29 is 9.26 Å². The van der Waals surface area contributed by atoms with Gasteiger partial charge in [0.05, 0.1) is 5.69 Å². The van der Waals surface area contributed by atoms with Crippen molar-refractivity contribution in [1.29, 1.82) is 0 Å². The van der Waals surface area contributed by atoms with Crippen molar-refractivity contribution in [2.75, 3.05) is 6.61 Å². The van der Waals surface area contributed by atoms with Gasteiger partial charge < -0.3 is 9.26 Å². The first-order chi connectivity index (χ1) is 5.83. The van der Waals surface area contributed by atoms with Gasteiger partial charge in [-0.1, -0.05) is 18.5 Å². The van der Waals surface area contributed by atoms with Gasteiger partial charge in [0, 0.05) is 12.7 Å². The summed E-state index contributed by atoms with van der Waals surface area (Å²) in [7, 11) is 0. The number of aromatic nitrogens is 1. The quantitative estimate of drug-likeness (QED) is 0.634. The number of nitrogens with zero attached hydrogens (tertiary/aromatic N) is 1. The molecule has 3 heteroatoms. The predicted molar refractivity (Wildman–Crippen MR) is 45.8 cm³/mol. The summed E-state index contributed by atoms with van der Waals surface area (Å²) >= 11 is 0. The molecule has 1 aromatic heterocycles. The summed E-state index contributed by atoms with van der Waals surface area (Å²) in [6, 6.07) is 1.89. The van der Waals surface area contributed by atoms with Crippen LogP contribution in [0, 0.1) is 6.92 Å². The third kappa shape index (κ3) is 3.05. The zero-order valence-corrected chi connectivity index (χ0v) is 7.67. The molecule has 3 nitrogen and oxygen atoms in total. The first-order valence-corrected chi connectivity index (χ1v) is 4.33. The third-order valence-corrected chi connectivity index (χ3v) is 1.56. The lowest BCUT2D eigenvalue weighted by Gasteiger charge is -1.97. The molecule has 0 N–H and O–H groups in total. The molecule has 0 bridgehead atoms. The Hall–Kier alpha value is -0.830. The van der Waals surface area contributed by atoms with E-state index in [-0.39, 0.29) is 0 Å². The molecule has 0 aliphatic carbocycles. The van der Waals surface area contributed by atoms with E-state index in [0.717, 1.165) is 30.9 Å². The van der Waals surface area contributed by atoms with Crippen molar-refractivity contribution in [1.82, 2.24) is 5.16 Å². The van der Waals surface area contributed by atoms with Crippen LogP contribution in [0.3, 0.4) is 0 Å². The second-order valence-corrected chi connectivity index (χ2v) is 2.84. The van der Waals surface area contributed by atoms with Crippen molar-refractivity contribution >= 4 is 0 Å². The molecule has 1 heterocycles. The molecule has 0 saturated carbocycles. The van der Waals surface area contributed by atoms with Crippen LogP contribution in [0.5, 0.6) is 0 Å². The molecule has 12 heavy (non-hydrogen) atoms. The Labute approximate surface area is 72.7 Å². The minimum Gasteiger partial charge on any atom is -0.373 e. The molecule has 0 aliphatic rings. The second kappa shape index (κ2) is 4.93. The van der Waals surface area contributed by atoms with Crippen molar-refractivity contribution in [3.8, 4) is 0 Å². The highest BCUT2D eigenvalue weighted by Crippen LogP contribution is 2.03. The van der Waals surface area contributed by atoms with Gasteiger partial charge in [0.2, 0.25) is 0 Å². The lowest BCUT2D eigenvalue weighted by Crippen LogP contribution is -1.93. The molecule has 1 aromatic rings. The van der Waals surface area contributed by atoms with Crippen LogP contribution in [0.4, 0.5) is 0 Å². The molecule has 0 saturated heterocycles. The van der Waals surface area contributed by atoms with Gasteiger partial charge in [-0.25, -0.2) is 0 Å². The molecule has 0 atom stereocenters. The number of rotatable bonds is 5. The third-order valence-electron chi connectivity index (χ3n) is 1.56. The summed E-state index contributed by atoms with van der Waals surface area (Å²) in [4.78, 5) is 0. The summed E-state index contributed by atoms with van der Waals surface area (Å²) in [6.45, 7) is 5.39. The molecular formula is C9H15NO2. The summed E-state index contributed by atoms with van der Waals surface area (Å²) < 4.78 is 10.3. The van der Waals surface area contributed by atoms with E-state index in [1.54, 1.807) is 0 Å². The van der Waals surface area contributed by atoms with Gasteiger partial charge in [0.25, 0.3) is 0 Å². The number of hydrogen-bond acceptors (Lipinski definition) is 3. The van der Waals surface area contributed by atoms with Crippen LogP contribution in [0.25, 0.3) is 0 Å². The standard InChI is InChI=1S/C9H15NO2/c1-3-4-5-11-7-9-6-8(2)10-12-9/h6H,3-5,7H2,1-2H3. The Morgan fingerprint density at radius 1 is 1.58 bits per heavy atom. The van der Waals surface area contributed by atoms with E-state index in [2.05, 4.69) is 12.1 Å². The zero-order chi connectivity index (χ0) is 8.81. The lowest BCUT2D eigenvalue weighted by molar-refractivity contribution is 0.0987. The van der Waals surface area contributed by atoms with Crippen LogP contribution in [-0.4, -0.2) is 11.8 Å². The smallest absolute Gasteiger partial charge is 0.162 e. The Balaban J connectivity index is 2.15. The molecular weight excluding hydrogens is 154 g/mol. The van der Waals surface area contributed by atoms with Crippen molar-refractivity contribution in [3.63, 3.8) is 0 Å². The van der Waals surface area contributed by atoms with E-state index < -0.39 is 0 Å². The van der Waals surface area contributed by atoms with Crippen LogP contribution >= 0.6 is 0 Å². The number of hydrogen-bond donors (Lipinski definition) is 0. The van der Waals surface area contributed by atoms with Crippen molar-refractivity contribution in [2.45, 2.75) is 33.3 Å². The average Bonchev–Trinajstić information content (AvgIpc) is 2.45. The Morgan fingerprint density at radius 2 is 2.42 bits per heavy atom. The van der Waals surface area contributed by atoms with E-state index in [1.807, 2.05) is 13.0 Å². The van der Waals surface area contributed by atoms with Gasteiger partial charge >= 0.3 is 0 Å². The summed E-state index contributed by atoms with van der Waals surface area (Å²) in [5.41, 5.74) is 0.907. The molecule has 0 spiro atoms. The second-order valence-electron chi connectivity index (χ2n) is 2.84. The Morgan fingerprint density at radius 3 is 3.00 bits per heavy atom. The first kappa shape index (κ1) is 9.26. The van der Waals surface area contributed by atoms with E-state index >= 15 is 0 Å². The lowest BCUT2D eigenvalue weighted by atomic mass is 10.3. The van der Waals surface area contributed by atoms with E-state index in [0.29, 0.717) is 6.61 Å². The fraction of sp³-hybridized carbons (Fsp3) is 0.667. The van der Waals surface area contributed by atoms with Crippen LogP contribution in [0.1, 0.15) is 31.2 Å². The SMILES string of the molecule is CCCCOCc1cc(C)no1. The number of aryl methyl sites for hydroxylation is 1. The maximum Gasteiger partial charge on any atom is 0.162 e. The maximum atomic E-state index is 5.34. The highest BCUT2D eigenvalue weighted by atomic mass is 16.5. The molecule has 1 rings (SSSR count). The summed E-state index contributed by atoms with van der Waals surface area (Å²) in [5.74, 6) is 0.809. The van der Waals surface area contributed by atoms with Crippen molar-refractivity contribution in [3.05, 3.63) is 17.5 Å². The van der Waals surface area contributed by atoms with Crippen LogP contribution in [0.2, 0.25) is 0 Å². The molecule has 0 aromatic carbocycles. The van der Waals surface area contributed by atoms with E-state index in [4.69, 9.17) is 9.26 Å². The molecule has 0 amide bonds. The zero-order valence-electron chi connectivity index (χ0n) is 7.67. The normalized spacial score (nSPS) is 10.5. The van der Waals surface area contributed by atoms with Gasteiger partial charge in [-0.3, -0.25) is 0 Å². The predicted octanol–water partition coefficient (Wildman–Crippen LogP) is 2.30. The molecule has 68 valence electrons. The fourth-order valence-electron chi connectivity index (χ4n) is 0.903. The summed E-state index contributed by atoms with van der Waals surface area (Å²) in [6.07, 6.45) is 2.27. The van der Waals surface area contributed by atoms with Crippen LogP contribution in [0.15, 0.2) is 10.6 Å². The maximum absolute atomic E-state index is 5.34. The largest absolute Gasteiger partial charge is 0.373 e. The Kier molecular flexibility index (Phi) is 3.80. The summed E-state index contributed by atoms with van der Waals surface area (Å²) in [5, 5.41) is 3.76. The molecule has 0 aliphatic heterocycles. The van der Waals surface area contributed by atoms with Crippen molar-refractivity contribution in [2.24, 2.45) is 0 Å². The van der Waals surface area contributed by atoms with Crippen LogP contribution in [-0.2, 0) is 11.3 Å². The first-order valence-electron chi connectivity index (χ1n) is 4.33. The van der Waals surface area contributed by atoms with E-state index in [9.17, 15) is 0 Å². The Bertz CT molecular complexity index is 220. The van der Waals surface area contributed by atoms with Gasteiger partial charge in [-0.2, -0.15) is 0 Å². The van der Waals surface area contributed by atoms with E-state index in [1.165, 1.54) is 0 Å². The fourth-order valence-corrected chi connectivity index (χ4v) is 0.903. The highest BCUT2D eigenvalue weighted by Gasteiger charge is 1.99. The minimum atomic E-state index is 0.542. The highest BCUT2D eigenvalue weighted by molar-refractivity contribution is 5.01. The minimum absolute atomic E-state index is 0.542. The molecule has 0 radical (unpaired) electrons. The van der Waals surface area contributed by atoms with Gasteiger partial charge in [-0.15, -0.1) is 0 Å². The molecule has 0 fully saturated rings. The topological polar surface area (TPSA) is 35.3 Å².